The molecule has 2 rings (SSSR count). The summed E-state index contributed by atoms with van der Waals surface area (Å²) in [6.45, 7) is 9.98. The van der Waals surface area contributed by atoms with E-state index in [4.69, 9.17) is 4.74 Å². The second-order valence-electron chi connectivity index (χ2n) is 7.18. The Morgan fingerprint density at radius 3 is 2.31 bits per heavy atom. The van der Waals surface area contributed by atoms with Crippen LogP contribution in [0, 0.1) is 0 Å². The Kier molecular flexibility index (Phi) is 6.40. The van der Waals surface area contributed by atoms with Crippen molar-refractivity contribution >= 4 is 23.5 Å². The van der Waals surface area contributed by atoms with Crippen LogP contribution in [0.3, 0.4) is 0 Å². The largest absolute Gasteiger partial charge is 0.449 e. The Bertz CT molecular complexity index is 676. The van der Waals surface area contributed by atoms with Gasteiger partial charge in [-0.3, -0.25) is 9.59 Å². The monoisotopic (exact) mass is 360 g/mol. The maximum atomic E-state index is 12.6. The van der Waals surface area contributed by atoms with Crippen molar-refractivity contribution in [1.82, 2.24) is 4.90 Å². The molecule has 1 aromatic rings. The third-order valence-corrected chi connectivity index (χ3v) is 4.47. The van der Waals surface area contributed by atoms with Gasteiger partial charge in [-0.05, 0) is 59.2 Å². The minimum atomic E-state index is -0.871. The van der Waals surface area contributed by atoms with Crippen LogP contribution in [0.4, 0.5) is 5.69 Å². The van der Waals surface area contributed by atoms with Crippen LogP contribution in [0.1, 0.15) is 57.8 Å². The molecule has 1 aliphatic heterocycles. The first-order valence-corrected chi connectivity index (χ1v) is 9.16. The van der Waals surface area contributed by atoms with Crippen LogP contribution >= 0.6 is 0 Å². The number of hydrogen-bond acceptors (Lipinski definition) is 4. The predicted molar refractivity (Wildman–Crippen MR) is 100 cm³/mol. The number of benzene rings is 1. The molecule has 6 nitrogen and oxygen atoms in total. The van der Waals surface area contributed by atoms with Gasteiger partial charge in [0.2, 0.25) is 5.91 Å². The van der Waals surface area contributed by atoms with Crippen molar-refractivity contribution in [3.63, 3.8) is 0 Å². The Labute approximate surface area is 155 Å². The molecule has 0 spiro atoms. The van der Waals surface area contributed by atoms with E-state index in [-0.39, 0.29) is 23.9 Å². The minimum Gasteiger partial charge on any atom is -0.449 e. The highest BCUT2D eigenvalue weighted by molar-refractivity contribution is 5.98. The van der Waals surface area contributed by atoms with Gasteiger partial charge in [0.15, 0.2) is 6.10 Å². The molecule has 1 aromatic carbocycles. The zero-order chi connectivity index (χ0) is 19.4. The van der Waals surface area contributed by atoms with Gasteiger partial charge in [-0.2, -0.15) is 0 Å². The number of amides is 2. The summed E-state index contributed by atoms with van der Waals surface area (Å²) >= 11 is 0. The number of carbonyl (C=O) groups excluding carboxylic acids is 3. The molecule has 0 aromatic heterocycles. The summed E-state index contributed by atoms with van der Waals surface area (Å²) < 4.78 is 5.39. The predicted octanol–water partition coefficient (Wildman–Crippen LogP) is 3.00. The molecular weight excluding hydrogens is 332 g/mol. The summed E-state index contributed by atoms with van der Waals surface area (Å²) in [4.78, 5) is 40.3. The van der Waals surface area contributed by atoms with Crippen molar-refractivity contribution < 1.29 is 19.1 Å². The molecule has 0 N–H and O–H groups in total. The molecule has 0 bridgehead atoms. The quantitative estimate of drug-likeness (QED) is 0.732. The molecule has 1 aliphatic rings. The second kappa shape index (κ2) is 8.34. The average molecular weight is 360 g/mol. The van der Waals surface area contributed by atoms with Crippen LogP contribution < -0.4 is 4.90 Å². The third-order valence-electron chi connectivity index (χ3n) is 4.47. The smallest absolute Gasteiger partial charge is 0.338 e. The zero-order valence-corrected chi connectivity index (χ0v) is 16.2. The lowest BCUT2D eigenvalue weighted by Gasteiger charge is -2.32. The van der Waals surface area contributed by atoms with Crippen molar-refractivity contribution in [2.24, 2.45) is 0 Å². The van der Waals surface area contributed by atoms with Gasteiger partial charge in [0.25, 0.3) is 5.91 Å². The van der Waals surface area contributed by atoms with Gasteiger partial charge >= 0.3 is 5.97 Å². The lowest BCUT2D eigenvalue weighted by molar-refractivity contribution is -0.143. The van der Waals surface area contributed by atoms with E-state index in [0.717, 1.165) is 6.42 Å². The lowest BCUT2D eigenvalue weighted by Crippen LogP contribution is -2.47. The van der Waals surface area contributed by atoms with Crippen LogP contribution in [0.2, 0.25) is 0 Å². The van der Waals surface area contributed by atoms with E-state index in [1.165, 1.54) is 0 Å². The number of nitrogens with zero attached hydrogens (tertiary/aromatic N) is 2. The number of hydrogen-bond donors (Lipinski definition) is 0. The maximum Gasteiger partial charge on any atom is 0.338 e. The first-order chi connectivity index (χ1) is 12.2. The number of esters is 1. The maximum absolute atomic E-state index is 12.6. The van der Waals surface area contributed by atoms with E-state index >= 15 is 0 Å². The van der Waals surface area contributed by atoms with Crippen LogP contribution in [-0.4, -0.2) is 47.4 Å². The summed E-state index contributed by atoms with van der Waals surface area (Å²) in [5, 5.41) is 0. The Balaban J connectivity index is 2.09. The van der Waals surface area contributed by atoms with E-state index in [1.54, 1.807) is 41.0 Å². The topological polar surface area (TPSA) is 66.9 Å². The van der Waals surface area contributed by atoms with Gasteiger partial charge in [0.1, 0.15) is 0 Å². The molecule has 1 heterocycles. The van der Waals surface area contributed by atoms with E-state index in [9.17, 15) is 14.4 Å². The van der Waals surface area contributed by atoms with Gasteiger partial charge in [0.05, 0.1) is 5.56 Å². The van der Waals surface area contributed by atoms with E-state index in [1.807, 2.05) is 27.7 Å². The molecule has 1 saturated heterocycles. The molecule has 2 amide bonds. The Hall–Kier alpha value is -2.37. The fraction of sp³-hybridized carbons (Fsp3) is 0.550. The number of ether oxygens (including phenoxy) is 1. The normalized spacial score (nSPS) is 15.5. The Morgan fingerprint density at radius 1 is 1.12 bits per heavy atom. The summed E-state index contributed by atoms with van der Waals surface area (Å²) in [7, 11) is 0. The average Bonchev–Trinajstić information content (AvgIpc) is 3.00. The van der Waals surface area contributed by atoms with Crippen LogP contribution in [-0.2, 0) is 14.3 Å². The standard InChI is InChI=1S/C20H28N2O4/c1-13(2)22(14(3)4)19(24)15(5)26-20(25)16-8-6-9-17(12-16)21-11-7-10-18(21)23/h6,8-9,12-15H,7,10-11H2,1-5H3/t15-/m0/s1. The summed E-state index contributed by atoms with van der Waals surface area (Å²) in [6.07, 6.45) is 0.476. The summed E-state index contributed by atoms with van der Waals surface area (Å²) in [5.41, 5.74) is 1.02. The molecule has 0 unspecified atom stereocenters. The van der Waals surface area contributed by atoms with Crippen LogP contribution in [0.5, 0.6) is 0 Å². The number of rotatable bonds is 6. The first kappa shape index (κ1) is 19.9. The molecule has 0 radical (unpaired) electrons. The van der Waals surface area contributed by atoms with Crippen molar-refractivity contribution in [2.75, 3.05) is 11.4 Å². The van der Waals surface area contributed by atoms with Crippen molar-refractivity contribution in [3.8, 4) is 0 Å². The summed E-state index contributed by atoms with van der Waals surface area (Å²) in [5.74, 6) is -0.718. The molecular formula is C20H28N2O4. The highest BCUT2D eigenvalue weighted by Gasteiger charge is 2.28. The highest BCUT2D eigenvalue weighted by atomic mass is 16.5. The Morgan fingerprint density at radius 2 is 1.77 bits per heavy atom. The fourth-order valence-corrected chi connectivity index (χ4v) is 3.32. The van der Waals surface area contributed by atoms with Gasteiger partial charge in [-0.25, -0.2) is 4.79 Å². The van der Waals surface area contributed by atoms with Gasteiger partial charge in [-0.1, -0.05) is 6.07 Å². The van der Waals surface area contributed by atoms with Crippen LogP contribution in [0.15, 0.2) is 24.3 Å². The van der Waals surface area contributed by atoms with Crippen molar-refractivity contribution in [3.05, 3.63) is 29.8 Å². The molecule has 1 fully saturated rings. The first-order valence-electron chi connectivity index (χ1n) is 9.16. The molecule has 6 heteroatoms. The number of carbonyl (C=O) groups is 3. The highest BCUT2D eigenvalue weighted by Crippen LogP contribution is 2.23. The summed E-state index contributed by atoms with van der Waals surface area (Å²) in [6, 6.07) is 6.84. The van der Waals surface area contributed by atoms with E-state index in [2.05, 4.69) is 0 Å². The van der Waals surface area contributed by atoms with Crippen LogP contribution in [0.25, 0.3) is 0 Å². The van der Waals surface area contributed by atoms with Gasteiger partial charge in [-0.15, -0.1) is 0 Å². The second-order valence-corrected chi connectivity index (χ2v) is 7.18. The number of anilines is 1. The van der Waals surface area contributed by atoms with E-state index in [0.29, 0.717) is 24.2 Å². The van der Waals surface area contributed by atoms with Crippen molar-refractivity contribution in [1.29, 1.82) is 0 Å². The lowest BCUT2D eigenvalue weighted by atomic mass is 10.1. The van der Waals surface area contributed by atoms with Gasteiger partial charge < -0.3 is 14.5 Å². The molecule has 0 saturated carbocycles. The fourth-order valence-electron chi connectivity index (χ4n) is 3.32. The molecule has 1 atom stereocenters. The zero-order valence-electron chi connectivity index (χ0n) is 16.2. The van der Waals surface area contributed by atoms with E-state index < -0.39 is 12.1 Å². The van der Waals surface area contributed by atoms with Crippen molar-refractivity contribution in [2.45, 2.75) is 65.6 Å². The van der Waals surface area contributed by atoms with Gasteiger partial charge in [0, 0.05) is 30.7 Å². The third kappa shape index (κ3) is 4.42. The molecule has 142 valence electrons. The molecule has 0 aliphatic carbocycles. The SMILES string of the molecule is CC(C)N(C(=O)[C@H](C)OC(=O)c1cccc(N2CCCC2=O)c1)C(C)C. The molecule has 26 heavy (non-hydrogen) atoms. The minimum absolute atomic E-state index is 0.0214.